The number of amides is 1. The molecule has 86 valence electrons. The van der Waals surface area contributed by atoms with Gasteiger partial charge >= 0.3 is 0 Å². The van der Waals surface area contributed by atoms with Crippen LogP contribution in [-0.4, -0.2) is 22.4 Å². The van der Waals surface area contributed by atoms with Gasteiger partial charge in [0, 0.05) is 31.4 Å². The molecule has 0 aliphatic carbocycles. The van der Waals surface area contributed by atoms with Gasteiger partial charge in [-0.15, -0.1) is 0 Å². The average molecular weight is 222 g/mol. The zero-order valence-electron chi connectivity index (χ0n) is 9.80. The third-order valence-electron chi connectivity index (χ3n) is 3.61. The average Bonchev–Trinajstić information content (AvgIpc) is 2.71. The molecule has 2 aliphatic rings. The molecular formula is C12H15FN2O. The molecule has 0 N–H and O–H groups in total. The minimum absolute atomic E-state index is 0.107. The van der Waals surface area contributed by atoms with E-state index in [-0.39, 0.29) is 17.3 Å². The number of aromatic nitrogens is 1. The second-order valence-corrected chi connectivity index (χ2v) is 5.68. The van der Waals surface area contributed by atoms with Crippen LogP contribution in [0.25, 0.3) is 0 Å². The maximum atomic E-state index is 14.1. The first kappa shape index (κ1) is 9.87. The molecule has 0 fully saturated rings. The van der Waals surface area contributed by atoms with Crippen LogP contribution >= 0.6 is 0 Å². The SMILES string of the molecule is CN1Cc2c(c(F)n3c2CC(C)(C)C3)C1=O. The summed E-state index contributed by atoms with van der Waals surface area (Å²) in [5.41, 5.74) is 2.36. The van der Waals surface area contributed by atoms with Crippen molar-refractivity contribution < 1.29 is 9.18 Å². The van der Waals surface area contributed by atoms with Crippen molar-refractivity contribution in [2.75, 3.05) is 7.05 Å². The van der Waals surface area contributed by atoms with Gasteiger partial charge in [0.15, 0.2) is 0 Å². The Kier molecular flexibility index (Phi) is 1.65. The first-order chi connectivity index (χ1) is 7.41. The summed E-state index contributed by atoms with van der Waals surface area (Å²) in [4.78, 5) is 13.3. The number of halogens is 1. The van der Waals surface area contributed by atoms with Crippen LogP contribution in [0.3, 0.4) is 0 Å². The lowest BCUT2D eigenvalue weighted by Gasteiger charge is -2.15. The molecule has 0 spiro atoms. The molecule has 4 heteroatoms. The highest BCUT2D eigenvalue weighted by Crippen LogP contribution is 2.40. The molecule has 3 rings (SSSR count). The summed E-state index contributed by atoms with van der Waals surface area (Å²) in [6, 6.07) is 0. The highest BCUT2D eigenvalue weighted by atomic mass is 19.1. The summed E-state index contributed by atoms with van der Waals surface area (Å²) in [5.74, 6) is -0.503. The first-order valence-corrected chi connectivity index (χ1v) is 5.56. The van der Waals surface area contributed by atoms with Crippen LogP contribution in [-0.2, 0) is 19.5 Å². The third kappa shape index (κ3) is 1.05. The molecular weight excluding hydrogens is 207 g/mol. The highest BCUT2D eigenvalue weighted by molar-refractivity contribution is 5.98. The molecule has 0 saturated heterocycles. The van der Waals surface area contributed by atoms with E-state index in [0.29, 0.717) is 18.7 Å². The van der Waals surface area contributed by atoms with Gasteiger partial charge in [-0.3, -0.25) is 4.79 Å². The van der Waals surface area contributed by atoms with Crippen molar-refractivity contribution in [1.82, 2.24) is 9.47 Å². The predicted molar refractivity (Wildman–Crippen MR) is 57.7 cm³/mol. The van der Waals surface area contributed by atoms with Gasteiger partial charge in [-0.2, -0.15) is 4.39 Å². The van der Waals surface area contributed by atoms with Crippen LogP contribution in [0.2, 0.25) is 0 Å². The molecule has 0 aromatic carbocycles. The maximum Gasteiger partial charge on any atom is 0.258 e. The molecule has 0 saturated carbocycles. The molecule has 1 aromatic heterocycles. The van der Waals surface area contributed by atoms with Crippen molar-refractivity contribution >= 4 is 5.91 Å². The zero-order valence-corrected chi connectivity index (χ0v) is 9.80. The summed E-state index contributed by atoms with van der Waals surface area (Å²) in [6.45, 7) is 5.50. The van der Waals surface area contributed by atoms with Crippen LogP contribution < -0.4 is 0 Å². The number of rotatable bonds is 0. The van der Waals surface area contributed by atoms with E-state index in [1.54, 1.807) is 16.5 Å². The molecule has 16 heavy (non-hydrogen) atoms. The predicted octanol–water partition coefficient (Wildman–Crippen LogP) is 1.80. The Morgan fingerprint density at radius 1 is 1.38 bits per heavy atom. The summed E-state index contributed by atoms with van der Waals surface area (Å²) >= 11 is 0. The molecule has 3 nitrogen and oxygen atoms in total. The number of nitrogens with zero attached hydrogens (tertiary/aromatic N) is 2. The van der Waals surface area contributed by atoms with Crippen LogP contribution in [0.4, 0.5) is 4.39 Å². The van der Waals surface area contributed by atoms with E-state index in [1.807, 2.05) is 0 Å². The fourth-order valence-corrected chi connectivity index (χ4v) is 2.88. The molecule has 1 aromatic rings. The van der Waals surface area contributed by atoms with Crippen LogP contribution in [0.5, 0.6) is 0 Å². The summed E-state index contributed by atoms with van der Waals surface area (Å²) < 4.78 is 15.8. The third-order valence-corrected chi connectivity index (χ3v) is 3.61. The van der Waals surface area contributed by atoms with Gasteiger partial charge in [0.2, 0.25) is 5.95 Å². The Balaban J connectivity index is 2.18. The largest absolute Gasteiger partial charge is 0.337 e. The minimum Gasteiger partial charge on any atom is -0.337 e. The maximum absolute atomic E-state index is 14.1. The normalized spacial score (nSPS) is 21.5. The van der Waals surface area contributed by atoms with Gasteiger partial charge < -0.3 is 9.47 Å². The van der Waals surface area contributed by atoms with E-state index in [4.69, 9.17) is 0 Å². The molecule has 0 atom stereocenters. The van der Waals surface area contributed by atoms with Gasteiger partial charge in [-0.05, 0) is 11.8 Å². The van der Waals surface area contributed by atoms with Crippen LogP contribution in [0, 0.1) is 11.4 Å². The van der Waals surface area contributed by atoms with Gasteiger partial charge in [-0.25, -0.2) is 0 Å². The number of hydrogen-bond acceptors (Lipinski definition) is 1. The summed E-state index contributed by atoms with van der Waals surface area (Å²) in [7, 11) is 1.72. The van der Waals surface area contributed by atoms with Crippen LogP contribution in [0.15, 0.2) is 0 Å². The van der Waals surface area contributed by atoms with E-state index in [1.165, 1.54) is 0 Å². The van der Waals surface area contributed by atoms with E-state index < -0.39 is 0 Å². The Labute approximate surface area is 93.8 Å². The quantitative estimate of drug-likeness (QED) is 0.657. The van der Waals surface area contributed by atoms with Gasteiger partial charge in [-0.1, -0.05) is 13.8 Å². The number of fused-ring (bicyclic) bond motifs is 3. The molecule has 0 bridgehead atoms. The van der Waals surface area contributed by atoms with Crippen molar-refractivity contribution in [2.45, 2.75) is 33.4 Å². The fourth-order valence-electron chi connectivity index (χ4n) is 2.88. The standard InChI is InChI=1S/C12H15FN2O/c1-12(2)4-8-7-5-14(3)11(16)9(7)10(13)15(8)6-12/h4-6H2,1-3H3. The summed E-state index contributed by atoms with van der Waals surface area (Å²) in [5, 5.41) is 0. The highest BCUT2D eigenvalue weighted by Gasteiger charge is 2.41. The van der Waals surface area contributed by atoms with Crippen molar-refractivity contribution in [3.63, 3.8) is 0 Å². The first-order valence-electron chi connectivity index (χ1n) is 5.56. The monoisotopic (exact) mass is 222 g/mol. The van der Waals surface area contributed by atoms with Gasteiger partial charge in [0.25, 0.3) is 5.91 Å². The Bertz CT molecular complexity index is 502. The lowest BCUT2D eigenvalue weighted by atomic mass is 9.90. The second kappa shape index (κ2) is 2.67. The smallest absolute Gasteiger partial charge is 0.258 e. The Hall–Kier alpha value is -1.32. The van der Waals surface area contributed by atoms with Gasteiger partial charge in [0.05, 0.1) is 5.56 Å². The summed E-state index contributed by atoms with van der Waals surface area (Å²) in [6.07, 6.45) is 0.861. The second-order valence-electron chi connectivity index (χ2n) is 5.68. The van der Waals surface area contributed by atoms with Crippen molar-refractivity contribution in [1.29, 1.82) is 0 Å². The zero-order chi connectivity index (χ0) is 11.7. The molecule has 0 radical (unpaired) electrons. The van der Waals surface area contributed by atoms with Gasteiger partial charge in [0.1, 0.15) is 0 Å². The minimum atomic E-state index is -0.329. The van der Waals surface area contributed by atoms with Crippen LogP contribution in [0.1, 0.15) is 35.5 Å². The van der Waals surface area contributed by atoms with E-state index in [2.05, 4.69) is 13.8 Å². The number of carbonyl (C=O) groups is 1. The van der Waals surface area contributed by atoms with Crippen molar-refractivity contribution in [3.8, 4) is 0 Å². The Morgan fingerprint density at radius 3 is 2.75 bits per heavy atom. The lowest BCUT2D eigenvalue weighted by Crippen LogP contribution is -2.20. The molecule has 1 amide bonds. The topological polar surface area (TPSA) is 25.2 Å². The molecule has 0 unspecified atom stereocenters. The lowest BCUT2D eigenvalue weighted by molar-refractivity contribution is 0.0810. The van der Waals surface area contributed by atoms with E-state index in [9.17, 15) is 9.18 Å². The number of carbonyl (C=O) groups excluding carboxylic acids is 1. The van der Waals surface area contributed by atoms with Crippen molar-refractivity contribution in [2.24, 2.45) is 5.41 Å². The van der Waals surface area contributed by atoms with Crippen molar-refractivity contribution in [3.05, 3.63) is 22.8 Å². The molecule has 2 aliphatic heterocycles. The fraction of sp³-hybridized carbons (Fsp3) is 0.583. The molecule has 3 heterocycles. The van der Waals surface area contributed by atoms with E-state index >= 15 is 0 Å². The Morgan fingerprint density at radius 2 is 2.06 bits per heavy atom. The van der Waals surface area contributed by atoms with E-state index in [0.717, 1.165) is 17.7 Å². The number of hydrogen-bond donors (Lipinski definition) is 0.